The number of pyridine rings is 1. The molecule has 3 aromatic rings. The summed E-state index contributed by atoms with van der Waals surface area (Å²) >= 11 is 0. The van der Waals surface area contributed by atoms with Crippen molar-refractivity contribution in [3.63, 3.8) is 0 Å². The maximum atomic E-state index is 12.6. The molecule has 1 fully saturated rings. The van der Waals surface area contributed by atoms with Gasteiger partial charge < -0.3 is 5.32 Å². The lowest BCUT2D eigenvalue weighted by molar-refractivity contribution is -0.124. The molecule has 1 aliphatic carbocycles. The number of amides is 1. The molecule has 0 unspecified atom stereocenters. The fraction of sp³-hybridized carbons (Fsp3) is 0.579. The molecular formula is C19H26N8O. The zero-order chi connectivity index (χ0) is 19.2. The van der Waals surface area contributed by atoms with Crippen molar-refractivity contribution in [2.45, 2.75) is 57.9 Å². The molecule has 1 aliphatic rings. The number of hydrogen-bond acceptors (Lipinski definition) is 6. The number of nitrogens with one attached hydrogen (secondary N) is 1. The second-order valence-electron chi connectivity index (χ2n) is 7.74. The molecule has 1 amide bonds. The Morgan fingerprint density at radius 1 is 1.18 bits per heavy atom. The van der Waals surface area contributed by atoms with E-state index in [9.17, 15) is 4.79 Å². The van der Waals surface area contributed by atoms with Gasteiger partial charge in [-0.05, 0) is 47.2 Å². The standard InChI is InChI=1S/C19H26N8O/c28-18(13-19(9-3-1-4-10-19)14-26-15-21-24-25-26)20-11-6-8-17-23-22-16-7-2-5-12-27(16)17/h2,5,7,12,15H,1,3-4,6,8-11,13-14H2,(H,20,28). The van der Waals surface area contributed by atoms with E-state index in [0.29, 0.717) is 19.5 Å². The van der Waals surface area contributed by atoms with Gasteiger partial charge in [-0.15, -0.1) is 15.3 Å². The summed E-state index contributed by atoms with van der Waals surface area (Å²) in [5.74, 6) is 1.04. The van der Waals surface area contributed by atoms with Gasteiger partial charge in [0.05, 0.1) is 6.54 Å². The van der Waals surface area contributed by atoms with Crippen LogP contribution in [0.1, 0.15) is 50.8 Å². The average Bonchev–Trinajstić information content (AvgIpc) is 3.36. The Kier molecular flexibility index (Phi) is 5.59. The predicted octanol–water partition coefficient (Wildman–Crippen LogP) is 1.81. The van der Waals surface area contributed by atoms with Gasteiger partial charge in [0.1, 0.15) is 12.2 Å². The number of carbonyl (C=O) groups excluding carboxylic acids is 1. The van der Waals surface area contributed by atoms with Crippen molar-refractivity contribution in [2.75, 3.05) is 6.54 Å². The van der Waals surface area contributed by atoms with Gasteiger partial charge in [-0.3, -0.25) is 9.20 Å². The van der Waals surface area contributed by atoms with E-state index in [0.717, 1.165) is 50.0 Å². The van der Waals surface area contributed by atoms with Crippen molar-refractivity contribution in [1.29, 1.82) is 0 Å². The SMILES string of the molecule is O=C(CC1(Cn2cnnn2)CCCCC1)NCCCc1nnc2ccccn12. The van der Waals surface area contributed by atoms with Gasteiger partial charge in [0, 0.05) is 25.6 Å². The number of rotatable bonds is 8. The Morgan fingerprint density at radius 3 is 2.89 bits per heavy atom. The number of tetrazole rings is 1. The molecule has 0 saturated heterocycles. The molecule has 0 aromatic carbocycles. The second kappa shape index (κ2) is 8.45. The van der Waals surface area contributed by atoms with Crippen molar-refractivity contribution in [2.24, 2.45) is 5.41 Å². The topological polar surface area (TPSA) is 103 Å². The van der Waals surface area contributed by atoms with Crippen LogP contribution in [0.25, 0.3) is 5.65 Å². The summed E-state index contributed by atoms with van der Waals surface area (Å²) in [6, 6.07) is 5.85. The van der Waals surface area contributed by atoms with E-state index in [1.165, 1.54) is 6.42 Å². The summed E-state index contributed by atoms with van der Waals surface area (Å²) in [6.07, 6.45) is 11.4. The summed E-state index contributed by atoms with van der Waals surface area (Å²) in [4.78, 5) is 12.6. The van der Waals surface area contributed by atoms with Crippen LogP contribution in [-0.4, -0.2) is 47.3 Å². The van der Waals surface area contributed by atoms with E-state index in [1.807, 2.05) is 28.8 Å². The van der Waals surface area contributed by atoms with Crippen molar-refractivity contribution >= 4 is 11.6 Å². The molecule has 0 radical (unpaired) electrons. The molecule has 3 heterocycles. The van der Waals surface area contributed by atoms with Crippen molar-refractivity contribution in [3.05, 3.63) is 36.5 Å². The maximum absolute atomic E-state index is 12.6. The second-order valence-corrected chi connectivity index (χ2v) is 7.74. The Bertz CT molecular complexity index is 898. The highest BCUT2D eigenvalue weighted by molar-refractivity contribution is 5.76. The minimum absolute atomic E-state index is 0.0408. The lowest BCUT2D eigenvalue weighted by atomic mass is 9.71. The first-order chi connectivity index (χ1) is 13.7. The van der Waals surface area contributed by atoms with Gasteiger partial charge in [0.15, 0.2) is 5.65 Å². The van der Waals surface area contributed by atoms with Crippen LogP contribution in [0.2, 0.25) is 0 Å². The third-order valence-electron chi connectivity index (χ3n) is 5.62. The molecule has 9 nitrogen and oxygen atoms in total. The molecule has 1 saturated carbocycles. The van der Waals surface area contributed by atoms with Crippen molar-refractivity contribution in [3.8, 4) is 0 Å². The van der Waals surface area contributed by atoms with Crippen molar-refractivity contribution < 1.29 is 4.79 Å². The summed E-state index contributed by atoms with van der Waals surface area (Å²) in [7, 11) is 0. The molecule has 3 aromatic heterocycles. The van der Waals surface area contributed by atoms with Gasteiger partial charge in [-0.25, -0.2) is 4.68 Å². The van der Waals surface area contributed by atoms with Gasteiger partial charge in [0.25, 0.3) is 0 Å². The van der Waals surface area contributed by atoms with E-state index in [1.54, 1.807) is 11.0 Å². The largest absolute Gasteiger partial charge is 0.356 e. The molecule has 0 spiro atoms. The maximum Gasteiger partial charge on any atom is 0.220 e. The summed E-state index contributed by atoms with van der Waals surface area (Å²) in [5.41, 5.74) is 0.810. The highest BCUT2D eigenvalue weighted by Crippen LogP contribution is 2.40. The molecule has 0 atom stereocenters. The monoisotopic (exact) mass is 382 g/mol. The summed E-state index contributed by atoms with van der Waals surface area (Å²) in [5, 5.41) is 22.9. The van der Waals surface area contributed by atoms with Crippen LogP contribution in [0.5, 0.6) is 0 Å². The minimum atomic E-state index is -0.0408. The molecule has 1 N–H and O–H groups in total. The van der Waals surface area contributed by atoms with E-state index < -0.39 is 0 Å². The Labute approximate surface area is 163 Å². The molecule has 9 heteroatoms. The highest BCUT2D eigenvalue weighted by atomic mass is 16.1. The van der Waals surface area contributed by atoms with E-state index >= 15 is 0 Å². The summed E-state index contributed by atoms with van der Waals surface area (Å²) < 4.78 is 3.75. The first kappa shape index (κ1) is 18.5. The number of hydrogen-bond donors (Lipinski definition) is 1. The average molecular weight is 382 g/mol. The molecule has 148 valence electrons. The lowest BCUT2D eigenvalue weighted by Crippen LogP contribution is -2.37. The smallest absolute Gasteiger partial charge is 0.220 e. The van der Waals surface area contributed by atoms with Gasteiger partial charge in [0.2, 0.25) is 5.91 Å². The Morgan fingerprint density at radius 2 is 2.07 bits per heavy atom. The van der Waals surface area contributed by atoms with Crippen LogP contribution in [0.3, 0.4) is 0 Å². The van der Waals surface area contributed by atoms with Crippen molar-refractivity contribution in [1.82, 2.24) is 40.1 Å². The van der Waals surface area contributed by atoms with Crippen LogP contribution in [-0.2, 0) is 17.8 Å². The molecule has 0 bridgehead atoms. The number of carbonyl (C=O) groups is 1. The van der Waals surface area contributed by atoms with E-state index in [-0.39, 0.29) is 11.3 Å². The van der Waals surface area contributed by atoms with E-state index in [4.69, 9.17) is 0 Å². The van der Waals surface area contributed by atoms with Gasteiger partial charge >= 0.3 is 0 Å². The quantitative estimate of drug-likeness (QED) is 0.596. The van der Waals surface area contributed by atoms with Crippen LogP contribution in [0.4, 0.5) is 0 Å². The molecule has 4 rings (SSSR count). The Hall–Kier alpha value is -2.84. The fourth-order valence-corrected chi connectivity index (χ4v) is 4.23. The van der Waals surface area contributed by atoms with Crippen LogP contribution in [0, 0.1) is 5.41 Å². The third kappa shape index (κ3) is 4.35. The highest BCUT2D eigenvalue weighted by Gasteiger charge is 2.35. The third-order valence-corrected chi connectivity index (χ3v) is 5.62. The van der Waals surface area contributed by atoms with Crippen LogP contribution in [0.15, 0.2) is 30.7 Å². The molecule has 0 aliphatic heterocycles. The normalized spacial score (nSPS) is 16.3. The van der Waals surface area contributed by atoms with Crippen LogP contribution >= 0.6 is 0 Å². The summed E-state index contributed by atoms with van der Waals surface area (Å²) in [6.45, 7) is 1.35. The van der Waals surface area contributed by atoms with Gasteiger partial charge in [-0.2, -0.15) is 0 Å². The fourth-order valence-electron chi connectivity index (χ4n) is 4.23. The first-order valence-electron chi connectivity index (χ1n) is 10.0. The first-order valence-corrected chi connectivity index (χ1v) is 10.0. The zero-order valence-electron chi connectivity index (χ0n) is 16.0. The number of fused-ring (bicyclic) bond motifs is 1. The number of aryl methyl sites for hydroxylation is 1. The minimum Gasteiger partial charge on any atom is -0.356 e. The van der Waals surface area contributed by atoms with E-state index in [2.05, 4.69) is 31.0 Å². The zero-order valence-corrected chi connectivity index (χ0v) is 16.0. The number of aromatic nitrogens is 7. The molecule has 28 heavy (non-hydrogen) atoms. The van der Waals surface area contributed by atoms with Gasteiger partial charge in [-0.1, -0.05) is 25.3 Å². The van der Waals surface area contributed by atoms with Crippen LogP contribution < -0.4 is 5.32 Å². The Balaban J connectivity index is 1.28. The predicted molar refractivity (Wildman–Crippen MR) is 102 cm³/mol. The number of nitrogens with zero attached hydrogens (tertiary/aromatic N) is 7. The molecular weight excluding hydrogens is 356 g/mol. The lowest BCUT2D eigenvalue weighted by Gasteiger charge is -2.36.